The molecule has 1 N–H and O–H groups in total. The van der Waals surface area contributed by atoms with Gasteiger partial charge < -0.3 is 14.5 Å². The molecule has 2 aromatic heterocycles. The quantitative estimate of drug-likeness (QED) is 0.559. The Morgan fingerprint density at radius 1 is 0.944 bits per heavy atom. The van der Waals surface area contributed by atoms with Crippen LogP contribution >= 0.6 is 0 Å². The average Bonchev–Trinajstić information content (AvgIpc) is 3.58. The molecule has 2 aliphatic heterocycles. The van der Waals surface area contributed by atoms with Crippen LogP contribution in [-0.2, 0) is 0 Å². The van der Waals surface area contributed by atoms with Crippen molar-refractivity contribution >= 4 is 10.9 Å². The summed E-state index contributed by atoms with van der Waals surface area (Å²) in [6, 6.07) is 6.21. The number of pyridine rings is 1. The minimum Gasteiger partial charge on any atom is -0.493 e. The number of aromatic amines is 1. The second kappa shape index (κ2) is 9.82. The molecule has 0 bridgehead atoms. The Morgan fingerprint density at radius 2 is 1.72 bits per heavy atom. The molecule has 1 aliphatic carbocycles. The van der Waals surface area contributed by atoms with Crippen LogP contribution in [-0.4, -0.2) is 81.4 Å². The molecule has 2 atom stereocenters. The third kappa shape index (κ3) is 4.16. The molecule has 4 heterocycles. The smallest absolute Gasteiger partial charge is 0.253 e. The molecule has 1 saturated carbocycles. The maximum absolute atomic E-state index is 13.6. The lowest BCUT2D eigenvalue weighted by Gasteiger charge is -2.41. The van der Waals surface area contributed by atoms with E-state index in [2.05, 4.69) is 30.3 Å². The summed E-state index contributed by atoms with van der Waals surface area (Å²) in [6.07, 6.45) is 8.22. The number of hydrogen-bond acceptors (Lipinski definition) is 8. The molecule has 0 spiro atoms. The Labute approximate surface area is 210 Å². The molecule has 2 saturated heterocycles. The molecule has 10 nitrogen and oxygen atoms in total. The molecule has 192 valence electrons. The number of H-pyrrole nitrogens is 1. The number of hydrogen-bond donors (Lipinski definition) is 1. The first-order valence-electron chi connectivity index (χ1n) is 13.2. The van der Waals surface area contributed by atoms with E-state index in [1.54, 1.807) is 14.2 Å². The fraction of sp³-hybridized carbons (Fsp3) is 0.615. The number of aromatic nitrogens is 5. The van der Waals surface area contributed by atoms with Crippen molar-refractivity contribution in [2.45, 2.75) is 63.1 Å². The van der Waals surface area contributed by atoms with Gasteiger partial charge in [-0.3, -0.25) is 14.6 Å². The largest absolute Gasteiger partial charge is 0.493 e. The van der Waals surface area contributed by atoms with Crippen LogP contribution in [0.3, 0.4) is 0 Å². The first-order chi connectivity index (χ1) is 17.7. The highest BCUT2D eigenvalue weighted by Gasteiger charge is 2.38. The average molecular weight is 494 g/mol. The van der Waals surface area contributed by atoms with Crippen LogP contribution in [0.25, 0.3) is 10.9 Å². The fourth-order valence-electron chi connectivity index (χ4n) is 6.47. The summed E-state index contributed by atoms with van der Waals surface area (Å²) in [6.45, 7) is 3.96. The van der Waals surface area contributed by atoms with Crippen molar-refractivity contribution in [3.05, 3.63) is 39.9 Å². The lowest BCUT2D eigenvalue weighted by molar-refractivity contribution is 0.0778. The van der Waals surface area contributed by atoms with Gasteiger partial charge in [-0.05, 0) is 54.8 Å². The molecule has 36 heavy (non-hydrogen) atoms. The number of nitrogens with one attached hydrogen (secondary N) is 1. The van der Waals surface area contributed by atoms with Crippen molar-refractivity contribution in [3.63, 3.8) is 0 Å². The highest BCUT2D eigenvalue weighted by Crippen LogP contribution is 2.36. The molecule has 0 unspecified atom stereocenters. The van der Waals surface area contributed by atoms with E-state index in [1.807, 2.05) is 22.9 Å². The van der Waals surface area contributed by atoms with Gasteiger partial charge in [0, 0.05) is 42.7 Å². The highest BCUT2D eigenvalue weighted by atomic mass is 16.5. The van der Waals surface area contributed by atoms with E-state index in [0.717, 1.165) is 43.7 Å². The number of fused-ring (bicyclic) bond motifs is 2. The van der Waals surface area contributed by atoms with Crippen LogP contribution in [0.1, 0.15) is 68.4 Å². The van der Waals surface area contributed by atoms with Gasteiger partial charge in [0.15, 0.2) is 17.3 Å². The lowest BCUT2D eigenvalue weighted by atomic mass is 9.94. The molecular weight excluding hydrogens is 458 g/mol. The number of nitrogens with zero attached hydrogens (tertiary/aromatic N) is 6. The van der Waals surface area contributed by atoms with Crippen LogP contribution in [0, 0.1) is 0 Å². The van der Waals surface area contributed by atoms with Crippen LogP contribution in [0.5, 0.6) is 11.5 Å². The molecule has 3 aromatic rings. The molecular formula is C26H35N7O3. The Bertz CT molecular complexity index is 1280. The third-order valence-corrected chi connectivity index (χ3v) is 8.34. The van der Waals surface area contributed by atoms with E-state index in [1.165, 1.54) is 38.6 Å². The maximum Gasteiger partial charge on any atom is 0.253 e. The van der Waals surface area contributed by atoms with E-state index >= 15 is 0 Å². The summed E-state index contributed by atoms with van der Waals surface area (Å²) < 4.78 is 13.0. The highest BCUT2D eigenvalue weighted by molar-refractivity contribution is 5.83. The number of tetrazole rings is 1. The number of rotatable bonds is 6. The summed E-state index contributed by atoms with van der Waals surface area (Å²) >= 11 is 0. The Kier molecular flexibility index (Phi) is 6.39. The van der Waals surface area contributed by atoms with Gasteiger partial charge in [0.25, 0.3) is 5.56 Å². The molecule has 0 amide bonds. The number of piperazine rings is 1. The predicted molar refractivity (Wildman–Crippen MR) is 136 cm³/mol. The number of benzene rings is 1. The second-order valence-electron chi connectivity index (χ2n) is 10.4. The molecule has 0 radical (unpaired) electrons. The predicted octanol–water partition coefficient (Wildman–Crippen LogP) is 2.91. The molecule has 10 heteroatoms. The first kappa shape index (κ1) is 23.4. The fourth-order valence-corrected chi connectivity index (χ4v) is 6.47. The summed E-state index contributed by atoms with van der Waals surface area (Å²) in [4.78, 5) is 21.8. The van der Waals surface area contributed by atoms with Gasteiger partial charge >= 0.3 is 0 Å². The van der Waals surface area contributed by atoms with E-state index in [0.29, 0.717) is 28.6 Å². The zero-order valence-corrected chi connectivity index (χ0v) is 21.2. The third-order valence-electron chi connectivity index (χ3n) is 8.34. The van der Waals surface area contributed by atoms with Gasteiger partial charge in [0.2, 0.25) is 0 Å². The Morgan fingerprint density at radius 3 is 2.53 bits per heavy atom. The summed E-state index contributed by atoms with van der Waals surface area (Å²) in [7, 11) is 3.22. The standard InChI is InChI=1S/C26H35N7O3/c1-35-22-14-17-13-20(26(34)27-21(17)15-23(22)36-2)24(32-12-11-31-10-6-9-19(31)16-32)25-28-29-30-33(25)18-7-4-3-5-8-18/h13-15,18-19,24H,3-12,16H2,1-2H3,(H,27,34)/t19-,24-/m0/s1. The summed E-state index contributed by atoms with van der Waals surface area (Å²) in [5, 5.41) is 14.0. The van der Waals surface area contributed by atoms with Crippen molar-refractivity contribution < 1.29 is 9.47 Å². The van der Waals surface area contributed by atoms with Crippen molar-refractivity contribution in [1.82, 2.24) is 35.0 Å². The lowest BCUT2D eigenvalue weighted by Crippen LogP contribution is -2.52. The molecule has 6 rings (SSSR count). The van der Waals surface area contributed by atoms with Gasteiger partial charge in [0.05, 0.1) is 25.8 Å². The first-order valence-corrected chi connectivity index (χ1v) is 13.2. The van der Waals surface area contributed by atoms with Crippen molar-refractivity contribution in [1.29, 1.82) is 0 Å². The minimum absolute atomic E-state index is 0.119. The van der Waals surface area contributed by atoms with E-state index in [9.17, 15) is 4.79 Å². The van der Waals surface area contributed by atoms with E-state index in [4.69, 9.17) is 9.47 Å². The van der Waals surface area contributed by atoms with E-state index in [-0.39, 0.29) is 17.6 Å². The van der Waals surface area contributed by atoms with Gasteiger partial charge in [0.1, 0.15) is 6.04 Å². The minimum atomic E-state index is -0.314. The summed E-state index contributed by atoms with van der Waals surface area (Å²) in [5.41, 5.74) is 1.27. The molecule has 3 aliphatic rings. The Hall–Kier alpha value is -2.98. The second-order valence-corrected chi connectivity index (χ2v) is 10.4. The van der Waals surface area contributed by atoms with E-state index < -0.39 is 0 Å². The zero-order chi connectivity index (χ0) is 24.6. The Balaban J connectivity index is 1.47. The van der Waals surface area contributed by atoms with Gasteiger partial charge in [-0.2, -0.15) is 0 Å². The van der Waals surface area contributed by atoms with Crippen LogP contribution in [0.15, 0.2) is 23.0 Å². The van der Waals surface area contributed by atoms with Crippen LogP contribution in [0.2, 0.25) is 0 Å². The number of methoxy groups -OCH3 is 2. The van der Waals surface area contributed by atoms with Gasteiger partial charge in [-0.25, -0.2) is 4.68 Å². The van der Waals surface area contributed by atoms with Crippen LogP contribution < -0.4 is 15.0 Å². The SMILES string of the molecule is COc1cc2cc([C@@H](c3nnnn3C3CCCCC3)N3CCN4CCC[C@H]4C3)c(=O)[nH]c2cc1OC. The molecule has 3 fully saturated rings. The zero-order valence-electron chi connectivity index (χ0n) is 21.2. The monoisotopic (exact) mass is 493 g/mol. The normalized spacial score (nSPS) is 22.6. The topological polar surface area (TPSA) is 101 Å². The molecule has 1 aromatic carbocycles. The van der Waals surface area contributed by atoms with Crippen molar-refractivity contribution in [3.8, 4) is 11.5 Å². The van der Waals surface area contributed by atoms with Gasteiger partial charge in [-0.1, -0.05) is 19.3 Å². The number of ether oxygens (including phenoxy) is 2. The van der Waals surface area contributed by atoms with Crippen LogP contribution in [0.4, 0.5) is 0 Å². The summed E-state index contributed by atoms with van der Waals surface area (Å²) in [5.74, 6) is 1.99. The van der Waals surface area contributed by atoms with Crippen molar-refractivity contribution in [2.75, 3.05) is 40.4 Å². The maximum atomic E-state index is 13.6. The van der Waals surface area contributed by atoms with Gasteiger partial charge in [-0.15, -0.1) is 5.10 Å². The van der Waals surface area contributed by atoms with Crippen molar-refractivity contribution in [2.24, 2.45) is 0 Å².